The molecule has 16 heteroatoms. The lowest BCUT2D eigenvalue weighted by atomic mass is 10.1. The van der Waals surface area contributed by atoms with Crippen molar-refractivity contribution < 1.29 is 58.3 Å². The van der Waals surface area contributed by atoms with Crippen LogP contribution in [0.5, 0.6) is 0 Å². The van der Waals surface area contributed by atoms with Crippen LogP contribution in [0.25, 0.3) is 0 Å². The third-order valence-electron chi connectivity index (χ3n) is 4.17. The van der Waals surface area contributed by atoms with E-state index < -0.39 is 38.6 Å². The molecule has 0 bridgehead atoms. The van der Waals surface area contributed by atoms with Gasteiger partial charge in [-0.25, -0.2) is 0 Å². The zero-order valence-electron chi connectivity index (χ0n) is 16.8. The van der Waals surface area contributed by atoms with Gasteiger partial charge in [-0.15, -0.1) is 0 Å². The molecule has 13 nitrogen and oxygen atoms in total. The second-order valence-electron chi connectivity index (χ2n) is 6.65. The minimum atomic E-state index is -5.50. The van der Waals surface area contributed by atoms with Crippen LogP contribution in [0.1, 0.15) is 32.1 Å². The molecule has 0 aliphatic heterocycles. The van der Waals surface area contributed by atoms with Gasteiger partial charge in [0.05, 0.1) is 19.1 Å². The number of aliphatic carboxylic acids is 1. The van der Waals surface area contributed by atoms with Gasteiger partial charge in [-0.1, -0.05) is 0 Å². The highest BCUT2D eigenvalue weighted by atomic mass is 32.2. The molecule has 0 aliphatic carbocycles. The highest BCUT2D eigenvalue weighted by molar-refractivity contribution is 7.99. The van der Waals surface area contributed by atoms with Crippen LogP contribution in [0.2, 0.25) is 0 Å². The van der Waals surface area contributed by atoms with Gasteiger partial charge in [-0.2, -0.15) is 11.8 Å². The monoisotopic (exact) mass is 511 g/mol. The van der Waals surface area contributed by atoms with E-state index in [-0.39, 0.29) is 38.5 Å². The fraction of sp³-hybridized carbons (Fsp3) is 0.867. The molecular formula is C15H31NO12P2S. The summed E-state index contributed by atoms with van der Waals surface area (Å²) in [5, 5.41) is 26.4. The van der Waals surface area contributed by atoms with Crippen LogP contribution in [-0.4, -0.2) is 89.7 Å². The molecule has 31 heavy (non-hydrogen) atoms. The first-order valence-corrected chi connectivity index (χ1v) is 13.7. The van der Waals surface area contributed by atoms with Gasteiger partial charge in [-0.3, -0.25) is 18.7 Å². The van der Waals surface area contributed by atoms with Gasteiger partial charge in [-0.05, 0) is 19.3 Å². The van der Waals surface area contributed by atoms with Crippen molar-refractivity contribution in [1.82, 2.24) is 5.32 Å². The smallest absolute Gasteiger partial charge is 0.369 e. The van der Waals surface area contributed by atoms with Crippen LogP contribution in [0, 0.1) is 5.92 Å². The second kappa shape index (κ2) is 14.6. The standard InChI is InChI=1S/C15H31NO12P2S/c17-7-1-3-12(14(19)20)11-28-8-10-31-9-4-13(18)16-6-2-5-15(21,29(22,23)24)30(25,26)27/h12,17,21H,1-11H2,(H,16,18)(H,19,20)(H2,22,23,24)(H2,25,26,27). The molecule has 0 saturated carbocycles. The van der Waals surface area contributed by atoms with Crippen molar-refractivity contribution in [2.45, 2.75) is 37.2 Å². The molecular weight excluding hydrogens is 480 g/mol. The number of carboxylic acid groups (broad SMARTS) is 1. The Bertz CT molecular complexity index is 630. The van der Waals surface area contributed by atoms with E-state index in [9.17, 15) is 23.8 Å². The number of aliphatic hydroxyl groups excluding tert-OH is 1. The predicted octanol–water partition coefficient (Wildman–Crippen LogP) is -0.502. The SMILES string of the molecule is O=C(CCSCCOCC(CCCO)C(=O)O)NCCCC(O)(P(=O)(O)O)P(=O)(O)O. The zero-order valence-corrected chi connectivity index (χ0v) is 19.4. The molecule has 0 aliphatic rings. The van der Waals surface area contributed by atoms with Crippen molar-refractivity contribution in [1.29, 1.82) is 0 Å². The van der Waals surface area contributed by atoms with Gasteiger partial charge in [0.2, 0.25) is 5.91 Å². The molecule has 1 amide bonds. The lowest BCUT2D eigenvalue weighted by Gasteiger charge is -2.29. The van der Waals surface area contributed by atoms with Crippen molar-refractivity contribution in [3.63, 3.8) is 0 Å². The molecule has 0 fully saturated rings. The summed E-state index contributed by atoms with van der Waals surface area (Å²) >= 11 is 1.39. The molecule has 0 saturated heterocycles. The summed E-state index contributed by atoms with van der Waals surface area (Å²) < 4.78 is 27.7. The first-order valence-electron chi connectivity index (χ1n) is 9.35. The maximum absolute atomic E-state index is 11.7. The molecule has 1 atom stereocenters. The molecule has 0 aromatic rings. The maximum atomic E-state index is 11.7. The Balaban J connectivity index is 3.98. The first-order chi connectivity index (χ1) is 14.3. The largest absolute Gasteiger partial charge is 0.481 e. The number of carbonyl (C=O) groups is 2. The summed E-state index contributed by atoms with van der Waals surface area (Å²) in [4.78, 5) is 58.8. The van der Waals surface area contributed by atoms with Gasteiger partial charge >= 0.3 is 21.2 Å². The van der Waals surface area contributed by atoms with Crippen LogP contribution in [0.15, 0.2) is 0 Å². The summed E-state index contributed by atoms with van der Waals surface area (Å²) in [6.45, 7) is 0.0970. The predicted molar refractivity (Wildman–Crippen MR) is 111 cm³/mol. The molecule has 0 rings (SSSR count). The molecule has 0 spiro atoms. The Morgan fingerprint density at radius 1 is 1.06 bits per heavy atom. The average Bonchev–Trinajstić information content (AvgIpc) is 2.64. The van der Waals surface area contributed by atoms with Crippen molar-refractivity contribution in [2.75, 3.05) is 37.9 Å². The van der Waals surface area contributed by atoms with Gasteiger partial charge in [0.15, 0.2) is 0 Å². The summed E-state index contributed by atoms with van der Waals surface area (Å²) in [5.74, 6) is -1.11. The highest BCUT2D eigenvalue weighted by Crippen LogP contribution is 2.69. The molecule has 0 aromatic carbocycles. The van der Waals surface area contributed by atoms with Crippen LogP contribution in [-0.2, 0) is 23.5 Å². The van der Waals surface area contributed by atoms with E-state index in [2.05, 4.69) is 5.32 Å². The number of thioether (sulfide) groups is 1. The van der Waals surface area contributed by atoms with Crippen LogP contribution in [0.4, 0.5) is 0 Å². The van der Waals surface area contributed by atoms with Crippen molar-refractivity contribution in [3.05, 3.63) is 0 Å². The maximum Gasteiger partial charge on any atom is 0.369 e. The van der Waals surface area contributed by atoms with E-state index in [4.69, 9.17) is 34.5 Å². The van der Waals surface area contributed by atoms with E-state index in [1.54, 1.807) is 0 Å². The average molecular weight is 511 g/mol. The summed E-state index contributed by atoms with van der Waals surface area (Å²) in [6.07, 6.45) is -0.356. The Hall–Kier alpha value is -0.530. The zero-order chi connectivity index (χ0) is 24.1. The van der Waals surface area contributed by atoms with Crippen LogP contribution >= 0.6 is 27.0 Å². The molecule has 8 N–H and O–H groups in total. The van der Waals surface area contributed by atoms with Crippen LogP contribution in [0.3, 0.4) is 0 Å². The number of rotatable bonds is 18. The van der Waals surface area contributed by atoms with E-state index in [1.807, 2.05) is 0 Å². The molecule has 0 radical (unpaired) electrons. The van der Waals surface area contributed by atoms with E-state index in [0.717, 1.165) is 0 Å². The molecule has 1 unspecified atom stereocenters. The fourth-order valence-corrected chi connectivity index (χ4v) is 5.35. The number of aliphatic hydroxyl groups is 2. The van der Waals surface area contributed by atoms with Crippen molar-refractivity contribution in [3.8, 4) is 0 Å². The summed E-state index contributed by atoms with van der Waals surface area (Å²) in [5.41, 5.74) is 0. The third-order valence-corrected chi connectivity index (χ3v) is 8.99. The van der Waals surface area contributed by atoms with Gasteiger partial charge in [0, 0.05) is 37.5 Å². The lowest BCUT2D eigenvalue weighted by Crippen LogP contribution is -2.31. The number of nitrogens with one attached hydrogen (secondary N) is 1. The van der Waals surface area contributed by atoms with Gasteiger partial charge in [0.25, 0.3) is 5.08 Å². The van der Waals surface area contributed by atoms with Gasteiger partial charge < -0.3 is 44.9 Å². The minimum Gasteiger partial charge on any atom is -0.481 e. The number of hydrogen-bond acceptors (Lipinski definition) is 8. The number of carboxylic acids is 1. The van der Waals surface area contributed by atoms with Crippen LogP contribution < -0.4 is 5.32 Å². The first kappa shape index (κ1) is 30.5. The van der Waals surface area contributed by atoms with Crippen molar-refractivity contribution >= 4 is 38.8 Å². The van der Waals surface area contributed by atoms with E-state index in [1.165, 1.54) is 11.8 Å². The fourth-order valence-electron chi connectivity index (χ4n) is 2.33. The van der Waals surface area contributed by atoms with E-state index >= 15 is 0 Å². The Morgan fingerprint density at radius 3 is 2.19 bits per heavy atom. The number of amides is 1. The Labute approximate surface area is 183 Å². The lowest BCUT2D eigenvalue weighted by molar-refractivity contribution is -0.144. The van der Waals surface area contributed by atoms with Gasteiger partial charge in [0.1, 0.15) is 0 Å². The topological polar surface area (TPSA) is 231 Å². The van der Waals surface area contributed by atoms with E-state index in [0.29, 0.717) is 31.0 Å². The number of ether oxygens (including phenoxy) is 1. The van der Waals surface area contributed by atoms with Crippen molar-refractivity contribution in [2.24, 2.45) is 5.92 Å². The Morgan fingerprint density at radius 2 is 1.68 bits per heavy atom. The second-order valence-corrected chi connectivity index (χ2v) is 11.9. The summed E-state index contributed by atoms with van der Waals surface area (Å²) in [7, 11) is -11.0. The molecule has 0 heterocycles. The Kier molecular flexibility index (Phi) is 14.3. The number of hydrogen-bond donors (Lipinski definition) is 8. The normalized spacial score (nSPS) is 13.7. The molecule has 184 valence electrons. The summed E-state index contributed by atoms with van der Waals surface area (Å²) in [6, 6.07) is 0. The quantitative estimate of drug-likeness (QED) is 0.0857. The third kappa shape index (κ3) is 11.8. The molecule has 0 aromatic heterocycles. The minimum absolute atomic E-state index is 0.0337. The highest BCUT2D eigenvalue weighted by Gasteiger charge is 2.58. The number of carbonyl (C=O) groups excluding carboxylic acids is 1.